The molecule has 1 aliphatic rings. The molecule has 1 amide bonds. The molecule has 2 rings (SSSR count). The van der Waals surface area contributed by atoms with E-state index in [4.69, 9.17) is 11.6 Å². The fourth-order valence-electron chi connectivity index (χ4n) is 1.93. The summed E-state index contributed by atoms with van der Waals surface area (Å²) in [5, 5.41) is 0.737. The number of amides is 1. The summed E-state index contributed by atoms with van der Waals surface area (Å²) in [5.74, 6) is 0.477. The number of fused-ring (bicyclic) bond motifs is 1. The minimum atomic E-state index is 0.0953. The first kappa shape index (κ1) is 9.53. The van der Waals surface area contributed by atoms with Crippen LogP contribution in [0.2, 0.25) is 5.02 Å². The van der Waals surface area contributed by atoms with Crippen LogP contribution in [0.15, 0.2) is 18.2 Å². The Morgan fingerprint density at radius 2 is 2.29 bits per heavy atom. The van der Waals surface area contributed by atoms with Gasteiger partial charge in [-0.15, -0.1) is 0 Å². The van der Waals surface area contributed by atoms with Crippen molar-refractivity contribution in [1.29, 1.82) is 0 Å². The van der Waals surface area contributed by atoms with Gasteiger partial charge in [-0.25, -0.2) is 0 Å². The van der Waals surface area contributed by atoms with Crippen LogP contribution in [0.4, 0.5) is 5.69 Å². The summed E-state index contributed by atoms with van der Waals surface area (Å²) >= 11 is 5.91. The van der Waals surface area contributed by atoms with Crippen LogP contribution in [0.25, 0.3) is 0 Å². The van der Waals surface area contributed by atoms with E-state index in [0.717, 1.165) is 17.3 Å². The van der Waals surface area contributed by atoms with Crippen molar-refractivity contribution in [2.45, 2.75) is 19.8 Å². The Morgan fingerprint density at radius 3 is 2.93 bits per heavy atom. The quantitative estimate of drug-likeness (QED) is 0.644. The van der Waals surface area contributed by atoms with Gasteiger partial charge >= 0.3 is 0 Å². The molecular weight excluding hydrogens is 198 g/mol. The van der Waals surface area contributed by atoms with Crippen molar-refractivity contribution >= 4 is 23.2 Å². The maximum Gasteiger partial charge on any atom is 0.223 e. The lowest BCUT2D eigenvalue weighted by Crippen LogP contribution is -2.26. The number of carbonyl (C=O) groups is 1. The van der Waals surface area contributed by atoms with Crippen LogP contribution in [0.1, 0.15) is 25.3 Å². The Bertz CT molecular complexity index is 389. The summed E-state index contributed by atoms with van der Waals surface area (Å²) < 4.78 is 0. The number of carbonyl (C=O) groups excluding carboxylic acids is 1. The predicted octanol–water partition coefficient (Wildman–Crippen LogP) is 2.81. The SMILES string of the molecule is CC(=O)N1CC(C)c2cc(Cl)ccc21. The maximum absolute atomic E-state index is 11.3. The molecule has 0 aromatic heterocycles. The monoisotopic (exact) mass is 209 g/mol. The van der Waals surface area contributed by atoms with Gasteiger partial charge in [-0.1, -0.05) is 18.5 Å². The van der Waals surface area contributed by atoms with E-state index < -0.39 is 0 Å². The standard InChI is InChI=1S/C11H12ClNO/c1-7-6-13(8(2)14)11-4-3-9(12)5-10(7)11/h3-5,7H,6H2,1-2H3. The lowest BCUT2D eigenvalue weighted by Gasteiger charge is -2.14. The van der Waals surface area contributed by atoms with Gasteiger partial charge in [0.05, 0.1) is 0 Å². The van der Waals surface area contributed by atoms with Gasteiger partial charge in [0.15, 0.2) is 0 Å². The van der Waals surface area contributed by atoms with Gasteiger partial charge in [0, 0.05) is 30.1 Å². The zero-order chi connectivity index (χ0) is 10.3. The number of halogens is 1. The molecule has 0 bridgehead atoms. The van der Waals surface area contributed by atoms with E-state index in [0.29, 0.717) is 5.92 Å². The van der Waals surface area contributed by atoms with Crippen molar-refractivity contribution in [3.63, 3.8) is 0 Å². The van der Waals surface area contributed by atoms with Gasteiger partial charge in [0.2, 0.25) is 5.91 Å². The number of rotatable bonds is 0. The molecule has 1 aromatic carbocycles. The molecule has 0 aliphatic carbocycles. The van der Waals surface area contributed by atoms with E-state index in [1.54, 1.807) is 11.8 Å². The number of hydrogen-bond donors (Lipinski definition) is 0. The molecule has 1 atom stereocenters. The molecule has 1 aromatic rings. The number of nitrogens with zero attached hydrogens (tertiary/aromatic N) is 1. The summed E-state index contributed by atoms with van der Waals surface area (Å²) in [6.45, 7) is 4.47. The van der Waals surface area contributed by atoms with Crippen LogP contribution in [-0.4, -0.2) is 12.5 Å². The smallest absolute Gasteiger partial charge is 0.223 e. The van der Waals surface area contributed by atoms with Crippen LogP contribution in [0, 0.1) is 0 Å². The fourth-order valence-corrected chi connectivity index (χ4v) is 2.12. The van der Waals surface area contributed by atoms with E-state index in [1.807, 2.05) is 18.2 Å². The number of benzene rings is 1. The average molecular weight is 210 g/mol. The second-order valence-corrected chi connectivity index (χ2v) is 4.17. The molecular formula is C11H12ClNO. The first-order valence-electron chi connectivity index (χ1n) is 4.67. The van der Waals surface area contributed by atoms with Crippen molar-refractivity contribution in [3.05, 3.63) is 28.8 Å². The van der Waals surface area contributed by atoms with E-state index in [1.165, 1.54) is 5.56 Å². The van der Waals surface area contributed by atoms with E-state index in [9.17, 15) is 4.79 Å². The lowest BCUT2D eigenvalue weighted by molar-refractivity contribution is -0.116. The van der Waals surface area contributed by atoms with Crippen molar-refractivity contribution < 1.29 is 4.79 Å². The fraction of sp³-hybridized carbons (Fsp3) is 0.364. The second kappa shape index (κ2) is 3.28. The molecule has 3 heteroatoms. The van der Waals surface area contributed by atoms with Crippen LogP contribution >= 0.6 is 11.6 Å². The third-order valence-electron chi connectivity index (χ3n) is 2.65. The van der Waals surface area contributed by atoms with Crippen molar-refractivity contribution in [2.24, 2.45) is 0 Å². The van der Waals surface area contributed by atoms with Crippen molar-refractivity contribution in [2.75, 3.05) is 11.4 Å². The summed E-state index contributed by atoms with van der Waals surface area (Å²) in [5.41, 5.74) is 2.18. The second-order valence-electron chi connectivity index (χ2n) is 3.73. The third kappa shape index (κ3) is 1.40. The highest BCUT2D eigenvalue weighted by molar-refractivity contribution is 6.30. The van der Waals surface area contributed by atoms with Crippen LogP contribution < -0.4 is 4.90 Å². The molecule has 1 unspecified atom stereocenters. The normalized spacial score (nSPS) is 19.6. The van der Waals surface area contributed by atoms with Gasteiger partial charge in [-0.2, -0.15) is 0 Å². The molecule has 0 spiro atoms. The maximum atomic E-state index is 11.3. The van der Waals surface area contributed by atoms with Crippen LogP contribution in [-0.2, 0) is 4.79 Å². The minimum Gasteiger partial charge on any atom is -0.312 e. The molecule has 0 fully saturated rings. The molecule has 0 saturated carbocycles. The first-order valence-corrected chi connectivity index (χ1v) is 5.05. The highest BCUT2D eigenvalue weighted by atomic mass is 35.5. The van der Waals surface area contributed by atoms with E-state index >= 15 is 0 Å². The zero-order valence-corrected chi connectivity index (χ0v) is 9.01. The first-order chi connectivity index (χ1) is 6.59. The molecule has 14 heavy (non-hydrogen) atoms. The average Bonchev–Trinajstić information content (AvgIpc) is 2.44. The van der Waals surface area contributed by atoms with Gasteiger partial charge in [-0.3, -0.25) is 4.79 Å². The largest absolute Gasteiger partial charge is 0.312 e. The Labute approximate surface area is 88.5 Å². The van der Waals surface area contributed by atoms with Crippen LogP contribution in [0.5, 0.6) is 0 Å². The topological polar surface area (TPSA) is 20.3 Å². The van der Waals surface area contributed by atoms with Gasteiger partial charge in [0.1, 0.15) is 0 Å². The van der Waals surface area contributed by atoms with E-state index in [2.05, 4.69) is 6.92 Å². The van der Waals surface area contributed by atoms with Crippen molar-refractivity contribution in [1.82, 2.24) is 0 Å². The van der Waals surface area contributed by atoms with Crippen LogP contribution in [0.3, 0.4) is 0 Å². The number of hydrogen-bond acceptors (Lipinski definition) is 1. The Morgan fingerprint density at radius 1 is 1.57 bits per heavy atom. The zero-order valence-electron chi connectivity index (χ0n) is 8.25. The third-order valence-corrected chi connectivity index (χ3v) is 2.88. The van der Waals surface area contributed by atoms with Gasteiger partial charge in [-0.05, 0) is 23.8 Å². The molecule has 0 saturated heterocycles. The summed E-state index contributed by atoms with van der Waals surface area (Å²) in [6, 6.07) is 5.70. The molecule has 1 aliphatic heterocycles. The molecule has 74 valence electrons. The highest BCUT2D eigenvalue weighted by Crippen LogP contribution is 2.37. The Kier molecular flexibility index (Phi) is 2.23. The Balaban J connectivity index is 2.49. The van der Waals surface area contributed by atoms with Crippen molar-refractivity contribution in [3.8, 4) is 0 Å². The predicted molar refractivity (Wildman–Crippen MR) is 57.9 cm³/mol. The summed E-state index contributed by atoms with van der Waals surface area (Å²) in [4.78, 5) is 13.1. The Hall–Kier alpha value is -1.02. The summed E-state index contributed by atoms with van der Waals surface area (Å²) in [7, 11) is 0. The molecule has 0 N–H and O–H groups in total. The molecule has 2 nitrogen and oxygen atoms in total. The highest BCUT2D eigenvalue weighted by Gasteiger charge is 2.27. The van der Waals surface area contributed by atoms with E-state index in [-0.39, 0.29) is 5.91 Å². The van der Waals surface area contributed by atoms with Gasteiger partial charge < -0.3 is 4.90 Å². The molecule has 0 radical (unpaired) electrons. The lowest BCUT2D eigenvalue weighted by atomic mass is 10.0. The number of anilines is 1. The molecule has 1 heterocycles. The van der Waals surface area contributed by atoms with Gasteiger partial charge in [0.25, 0.3) is 0 Å². The minimum absolute atomic E-state index is 0.0953. The summed E-state index contributed by atoms with van der Waals surface area (Å²) in [6.07, 6.45) is 0.